The van der Waals surface area contributed by atoms with Gasteiger partial charge in [-0.3, -0.25) is 9.10 Å². The average Bonchev–Trinajstić information content (AvgIpc) is 2.69. The quantitative estimate of drug-likeness (QED) is 0.585. The summed E-state index contributed by atoms with van der Waals surface area (Å²) in [6.45, 7) is 0. The van der Waals surface area contributed by atoms with Gasteiger partial charge in [0.25, 0.3) is 5.56 Å². The van der Waals surface area contributed by atoms with Crippen molar-refractivity contribution in [1.82, 2.24) is 10.2 Å². The molecule has 1 heterocycles. The molecule has 0 saturated heterocycles. The van der Waals surface area contributed by atoms with Gasteiger partial charge in [0.1, 0.15) is 0 Å². The first kappa shape index (κ1) is 21.5. The summed E-state index contributed by atoms with van der Waals surface area (Å²) in [5.74, 6) is 0.974. The highest BCUT2D eigenvalue weighted by Crippen LogP contribution is 2.32. The molecule has 2 aromatic carbocycles. The molecule has 0 saturated carbocycles. The Morgan fingerprint density at radius 1 is 1.04 bits per heavy atom. The minimum Gasteiger partial charge on any atom is -0.493 e. The molecule has 0 aliphatic heterocycles. The van der Waals surface area contributed by atoms with E-state index in [0.717, 1.165) is 5.56 Å². The molecule has 0 amide bonds. The summed E-state index contributed by atoms with van der Waals surface area (Å²) in [6, 6.07) is 10.4. The summed E-state index contributed by atoms with van der Waals surface area (Å²) in [4.78, 5) is 12.2. The third-order valence-electron chi connectivity index (χ3n) is 4.30. The fourth-order valence-corrected chi connectivity index (χ4v) is 3.12. The number of anilines is 1. The molecule has 150 valence electrons. The molecule has 28 heavy (non-hydrogen) atoms. The normalized spacial score (nSPS) is 10.6. The Balaban J connectivity index is 0.00000280. The highest BCUT2D eigenvalue weighted by molar-refractivity contribution is 7.74. The van der Waals surface area contributed by atoms with E-state index in [4.69, 9.17) is 9.47 Å². The number of nitrogens with zero attached hydrogens (tertiary/aromatic N) is 2. The number of methoxy groups -OCH3 is 2. The standard InChI is InChI=1S/C18H19N3O5S.ClH/c1-21(27(23)24)12-6-4-11(5-7-12)8-15-13-9-16(25-2)17(26-3)10-14(13)18(22)20-19-15;/h4-7,9-10,27H,8H2,1-3H3,(H,20,22);1H. The molecule has 3 rings (SSSR count). The van der Waals surface area contributed by atoms with Crippen LogP contribution in [0.15, 0.2) is 41.2 Å². The van der Waals surface area contributed by atoms with Crippen LogP contribution in [0.25, 0.3) is 10.8 Å². The maximum atomic E-state index is 12.2. The van der Waals surface area contributed by atoms with Crippen molar-refractivity contribution in [2.24, 2.45) is 0 Å². The number of nitrogens with one attached hydrogen (secondary N) is 1. The van der Waals surface area contributed by atoms with Crippen molar-refractivity contribution in [2.45, 2.75) is 6.42 Å². The van der Waals surface area contributed by atoms with Crippen LogP contribution in [0.5, 0.6) is 11.5 Å². The van der Waals surface area contributed by atoms with Gasteiger partial charge in [0.15, 0.2) is 11.5 Å². The van der Waals surface area contributed by atoms with E-state index in [9.17, 15) is 13.2 Å². The second kappa shape index (κ2) is 8.94. The van der Waals surface area contributed by atoms with Crippen LogP contribution in [-0.4, -0.2) is 39.9 Å². The van der Waals surface area contributed by atoms with Crippen LogP contribution in [0.1, 0.15) is 11.3 Å². The number of hydrogen-bond donors (Lipinski definition) is 2. The SMILES string of the molecule is COc1cc2c(Cc3ccc(N(C)[SH](=O)=O)cc3)n[nH]c(=O)c2cc1OC.Cl. The van der Waals surface area contributed by atoms with Crippen molar-refractivity contribution in [3.05, 3.63) is 58.0 Å². The smallest absolute Gasteiger partial charge is 0.272 e. The van der Waals surface area contributed by atoms with Crippen molar-refractivity contribution in [2.75, 3.05) is 25.6 Å². The first-order valence-electron chi connectivity index (χ1n) is 8.05. The Labute approximate surface area is 169 Å². The lowest BCUT2D eigenvalue weighted by molar-refractivity contribution is 0.356. The molecule has 0 bridgehead atoms. The molecule has 8 nitrogen and oxygen atoms in total. The third-order valence-corrected chi connectivity index (χ3v) is 5.02. The molecule has 10 heteroatoms. The monoisotopic (exact) mass is 425 g/mol. The number of aromatic nitrogens is 2. The van der Waals surface area contributed by atoms with Crippen LogP contribution in [0.3, 0.4) is 0 Å². The number of fused-ring (bicyclic) bond motifs is 1. The Kier molecular flexibility index (Phi) is 6.87. The molecule has 0 spiro atoms. The summed E-state index contributed by atoms with van der Waals surface area (Å²) in [7, 11) is 1.84. The van der Waals surface area contributed by atoms with E-state index >= 15 is 0 Å². The molecule has 0 fully saturated rings. The number of thiol groups is 1. The van der Waals surface area contributed by atoms with Crippen molar-refractivity contribution >= 4 is 39.8 Å². The number of ether oxygens (including phenoxy) is 2. The topological polar surface area (TPSA) is 102 Å². The van der Waals surface area contributed by atoms with Gasteiger partial charge in [-0.2, -0.15) is 5.10 Å². The van der Waals surface area contributed by atoms with Gasteiger partial charge in [-0.25, -0.2) is 13.5 Å². The second-order valence-electron chi connectivity index (χ2n) is 5.86. The molecular formula is C18H20ClN3O5S. The van der Waals surface area contributed by atoms with Crippen molar-refractivity contribution in [3.8, 4) is 11.5 Å². The fourth-order valence-electron chi connectivity index (χ4n) is 2.80. The molecule has 0 radical (unpaired) electrons. The molecule has 3 aromatic rings. The van der Waals surface area contributed by atoms with Crippen LogP contribution in [0.2, 0.25) is 0 Å². The minimum atomic E-state index is -2.68. The van der Waals surface area contributed by atoms with Crippen molar-refractivity contribution in [3.63, 3.8) is 0 Å². The summed E-state index contributed by atoms with van der Waals surface area (Å²) in [5.41, 5.74) is 1.84. The largest absolute Gasteiger partial charge is 0.493 e. The lowest BCUT2D eigenvalue weighted by atomic mass is 10.0. The van der Waals surface area contributed by atoms with Crippen molar-refractivity contribution in [1.29, 1.82) is 0 Å². The van der Waals surface area contributed by atoms with Gasteiger partial charge in [0.05, 0.1) is 31.0 Å². The van der Waals surface area contributed by atoms with Gasteiger partial charge in [0, 0.05) is 18.9 Å². The molecule has 0 aliphatic carbocycles. The van der Waals surface area contributed by atoms with E-state index in [1.807, 2.05) is 12.1 Å². The summed E-state index contributed by atoms with van der Waals surface area (Å²) < 4.78 is 33.9. The zero-order valence-corrected chi connectivity index (χ0v) is 17.2. The number of rotatable bonds is 6. The molecule has 0 aliphatic rings. The lowest BCUT2D eigenvalue weighted by Crippen LogP contribution is -2.14. The molecule has 0 unspecified atom stereocenters. The minimum absolute atomic E-state index is 0. The van der Waals surface area contributed by atoms with Gasteiger partial charge >= 0.3 is 0 Å². The van der Waals surface area contributed by atoms with E-state index in [-0.39, 0.29) is 18.0 Å². The third kappa shape index (κ3) is 4.20. The predicted octanol–water partition coefficient (Wildman–Crippen LogP) is 1.92. The van der Waals surface area contributed by atoms with E-state index in [0.29, 0.717) is 40.1 Å². The van der Waals surface area contributed by atoms with E-state index in [1.54, 1.807) is 24.3 Å². The van der Waals surface area contributed by atoms with Crippen LogP contribution in [-0.2, 0) is 17.3 Å². The fraction of sp³-hybridized carbons (Fsp3) is 0.222. The van der Waals surface area contributed by atoms with E-state index in [2.05, 4.69) is 10.2 Å². The van der Waals surface area contributed by atoms with Crippen LogP contribution < -0.4 is 19.3 Å². The van der Waals surface area contributed by atoms with E-state index in [1.165, 1.54) is 25.6 Å². The molecule has 0 atom stereocenters. The van der Waals surface area contributed by atoms with Gasteiger partial charge in [0.2, 0.25) is 10.9 Å². The maximum Gasteiger partial charge on any atom is 0.272 e. The number of halogens is 1. The lowest BCUT2D eigenvalue weighted by Gasteiger charge is -2.12. The Bertz CT molecular complexity index is 1100. The van der Waals surface area contributed by atoms with E-state index < -0.39 is 10.9 Å². The number of aromatic amines is 1. The van der Waals surface area contributed by atoms with Crippen LogP contribution in [0, 0.1) is 0 Å². The van der Waals surface area contributed by atoms with Crippen LogP contribution in [0.4, 0.5) is 5.69 Å². The first-order valence-corrected chi connectivity index (χ1v) is 9.18. The first-order chi connectivity index (χ1) is 12.9. The molecule has 1 N–H and O–H groups in total. The predicted molar refractivity (Wildman–Crippen MR) is 111 cm³/mol. The summed E-state index contributed by atoms with van der Waals surface area (Å²) in [5, 5.41) is 7.81. The maximum absolute atomic E-state index is 12.2. The zero-order chi connectivity index (χ0) is 19.6. The number of H-pyrrole nitrogens is 1. The second-order valence-corrected chi connectivity index (χ2v) is 6.93. The zero-order valence-electron chi connectivity index (χ0n) is 15.5. The summed E-state index contributed by atoms with van der Waals surface area (Å²) in [6.07, 6.45) is 0.455. The van der Waals surface area contributed by atoms with Gasteiger partial charge in [-0.05, 0) is 29.8 Å². The van der Waals surface area contributed by atoms with Crippen molar-refractivity contribution < 1.29 is 17.9 Å². The van der Waals surface area contributed by atoms with Gasteiger partial charge in [-0.1, -0.05) is 12.1 Å². The average molecular weight is 426 g/mol. The highest BCUT2D eigenvalue weighted by Gasteiger charge is 2.13. The highest BCUT2D eigenvalue weighted by atomic mass is 35.5. The molecular weight excluding hydrogens is 406 g/mol. The summed E-state index contributed by atoms with van der Waals surface area (Å²) >= 11 is 0. The Morgan fingerprint density at radius 2 is 1.61 bits per heavy atom. The Morgan fingerprint density at radius 3 is 2.14 bits per heavy atom. The molecule has 1 aromatic heterocycles. The van der Waals surface area contributed by atoms with Gasteiger partial charge in [-0.15, -0.1) is 12.4 Å². The Hall–Kier alpha value is -2.78. The van der Waals surface area contributed by atoms with Crippen LogP contribution >= 0.6 is 12.4 Å². The van der Waals surface area contributed by atoms with Gasteiger partial charge < -0.3 is 9.47 Å². The number of hydrogen-bond acceptors (Lipinski definition) is 6. The number of benzene rings is 2.